The molecule has 6 nitrogen and oxygen atoms in total. The number of rotatable bonds is 5. The summed E-state index contributed by atoms with van der Waals surface area (Å²) in [7, 11) is 0. The van der Waals surface area contributed by atoms with Crippen LogP contribution in [0.3, 0.4) is 0 Å². The second kappa shape index (κ2) is 7.11. The molecule has 0 fully saturated rings. The second-order valence-electron chi connectivity index (χ2n) is 3.95. The zero-order valence-corrected chi connectivity index (χ0v) is 12.7. The molecule has 0 bridgehead atoms. The van der Waals surface area contributed by atoms with E-state index in [1.807, 2.05) is 13.0 Å². The van der Waals surface area contributed by atoms with Gasteiger partial charge >= 0.3 is 0 Å². The lowest BCUT2D eigenvalue weighted by atomic mass is 10.2. The Labute approximate surface area is 130 Å². The molecule has 0 aliphatic heterocycles. The number of nitrogens with zero attached hydrogens (tertiary/aromatic N) is 3. The van der Waals surface area contributed by atoms with Crippen LogP contribution in [0.1, 0.15) is 18.4 Å². The van der Waals surface area contributed by atoms with Crippen LogP contribution in [0.15, 0.2) is 27.8 Å². The molecule has 0 saturated carbocycles. The van der Waals surface area contributed by atoms with E-state index in [1.165, 1.54) is 6.07 Å². The average molecular weight is 323 g/mol. The van der Waals surface area contributed by atoms with Crippen molar-refractivity contribution in [1.82, 2.24) is 10.2 Å². The van der Waals surface area contributed by atoms with Gasteiger partial charge in [-0.05, 0) is 18.2 Å². The fourth-order valence-corrected chi connectivity index (χ4v) is 2.22. The highest BCUT2D eigenvalue weighted by Gasteiger charge is 2.11. The van der Waals surface area contributed by atoms with Crippen LogP contribution in [0.4, 0.5) is 5.69 Å². The molecule has 1 N–H and O–H groups in total. The van der Waals surface area contributed by atoms with Crippen LogP contribution in [0.25, 0.3) is 0 Å². The average Bonchev–Trinajstić information content (AvgIpc) is 2.93. The molecule has 1 aromatic heterocycles. The minimum absolute atomic E-state index is 0.0999. The molecular formula is C13H11ClN4O2S. The third-order valence-corrected chi connectivity index (χ3v) is 3.51. The van der Waals surface area contributed by atoms with Gasteiger partial charge in [0.2, 0.25) is 11.8 Å². The van der Waals surface area contributed by atoms with E-state index in [2.05, 4.69) is 15.5 Å². The number of aryl methyl sites for hydroxylation is 1. The minimum atomic E-state index is -0.282. The minimum Gasteiger partial charge on any atom is -0.416 e. The van der Waals surface area contributed by atoms with Crippen LogP contribution in [0.5, 0.6) is 0 Å². The number of nitrogens with one attached hydrogen (secondary N) is 1. The lowest BCUT2D eigenvalue weighted by Gasteiger charge is -2.06. The fraction of sp³-hybridized carbons (Fsp3) is 0.231. The summed E-state index contributed by atoms with van der Waals surface area (Å²) in [5.41, 5.74) is 0.735. The molecule has 2 aromatic rings. The Kier molecular flexibility index (Phi) is 5.20. The van der Waals surface area contributed by atoms with Crippen LogP contribution in [-0.2, 0) is 11.2 Å². The smallest absolute Gasteiger partial charge is 0.277 e. The van der Waals surface area contributed by atoms with Gasteiger partial charge in [0.05, 0.1) is 17.0 Å². The number of aromatic nitrogens is 2. The molecule has 2 rings (SSSR count). The van der Waals surface area contributed by atoms with Crippen molar-refractivity contribution in [2.24, 2.45) is 0 Å². The van der Waals surface area contributed by atoms with Crippen molar-refractivity contribution in [3.63, 3.8) is 0 Å². The first-order chi connectivity index (χ1) is 10.1. The van der Waals surface area contributed by atoms with E-state index in [9.17, 15) is 4.79 Å². The zero-order chi connectivity index (χ0) is 15.2. The zero-order valence-electron chi connectivity index (χ0n) is 11.1. The van der Waals surface area contributed by atoms with Crippen molar-refractivity contribution < 1.29 is 9.21 Å². The van der Waals surface area contributed by atoms with Crippen molar-refractivity contribution >= 4 is 35.0 Å². The van der Waals surface area contributed by atoms with Crippen molar-refractivity contribution in [3.8, 4) is 6.07 Å². The van der Waals surface area contributed by atoms with Crippen molar-refractivity contribution in [2.45, 2.75) is 18.6 Å². The maximum Gasteiger partial charge on any atom is 0.277 e. The molecule has 8 heteroatoms. The van der Waals surface area contributed by atoms with E-state index in [0.717, 1.165) is 11.8 Å². The number of halogens is 1. The number of amides is 1. The van der Waals surface area contributed by atoms with Gasteiger partial charge in [-0.15, -0.1) is 10.2 Å². The molecule has 0 atom stereocenters. The molecule has 0 unspecified atom stereocenters. The predicted octanol–water partition coefficient (Wildman–Crippen LogP) is 2.89. The molecular weight excluding hydrogens is 312 g/mol. The molecule has 1 heterocycles. The standard InChI is InChI=1S/C13H11ClN4O2S/c1-2-12-17-18-13(20-12)21-7-11(19)16-10-5-9(14)4-3-8(10)6-15/h3-5H,2,7H2,1H3,(H,16,19). The van der Waals surface area contributed by atoms with Crippen molar-refractivity contribution in [1.29, 1.82) is 5.26 Å². The number of nitriles is 1. The molecule has 0 saturated heterocycles. The van der Waals surface area contributed by atoms with E-state index >= 15 is 0 Å². The lowest BCUT2D eigenvalue weighted by molar-refractivity contribution is -0.113. The molecule has 1 amide bonds. The third-order valence-electron chi connectivity index (χ3n) is 2.45. The highest BCUT2D eigenvalue weighted by molar-refractivity contribution is 7.99. The quantitative estimate of drug-likeness (QED) is 0.851. The van der Waals surface area contributed by atoms with E-state index in [4.69, 9.17) is 21.3 Å². The number of hydrogen-bond donors (Lipinski definition) is 1. The summed E-state index contributed by atoms with van der Waals surface area (Å²) in [4.78, 5) is 11.9. The summed E-state index contributed by atoms with van der Waals surface area (Å²) < 4.78 is 5.28. The first-order valence-electron chi connectivity index (χ1n) is 6.07. The second-order valence-corrected chi connectivity index (χ2v) is 5.32. The number of thioether (sulfide) groups is 1. The van der Waals surface area contributed by atoms with E-state index < -0.39 is 0 Å². The van der Waals surface area contributed by atoms with E-state index in [-0.39, 0.29) is 11.7 Å². The highest BCUT2D eigenvalue weighted by atomic mass is 35.5. The Bertz CT molecular complexity index is 696. The maximum atomic E-state index is 11.9. The highest BCUT2D eigenvalue weighted by Crippen LogP contribution is 2.21. The maximum absolute atomic E-state index is 11.9. The fourth-order valence-electron chi connectivity index (χ4n) is 1.47. The Morgan fingerprint density at radius 2 is 2.33 bits per heavy atom. The topological polar surface area (TPSA) is 91.8 Å². The number of hydrogen-bond acceptors (Lipinski definition) is 6. The van der Waals surface area contributed by atoms with Gasteiger partial charge in [-0.25, -0.2) is 0 Å². The van der Waals surface area contributed by atoms with Crippen LogP contribution >= 0.6 is 23.4 Å². The van der Waals surface area contributed by atoms with E-state index in [0.29, 0.717) is 33.8 Å². The number of anilines is 1. The van der Waals surface area contributed by atoms with Crippen LogP contribution < -0.4 is 5.32 Å². The van der Waals surface area contributed by atoms with Crippen molar-refractivity contribution in [3.05, 3.63) is 34.7 Å². The molecule has 0 aliphatic rings. The van der Waals surface area contributed by atoms with Crippen LogP contribution in [0.2, 0.25) is 5.02 Å². The van der Waals surface area contributed by atoms with Crippen molar-refractivity contribution in [2.75, 3.05) is 11.1 Å². The Morgan fingerprint density at radius 3 is 3.00 bits per heavy atom. The van der Waals surface area contributed by atoms with Gasteiger partial charge < -0.3 is 9.73 Å². The summed E-state index contributed by atoms with van der Waals surface area (Å²) in [6.07, 6.45) is 0.647. The molecule has 108 valence electrons. The van der Waals surface area contributed by atoms with Gasteiger partial charge in [0.1, 0.15) is 6.07 Å². The summed E-state index contributed by atoms with van der Waals surface area (Å²) >= 11 is 6.98. The lowest BCUT2D eigenvalue weighted by Crippen LogP contribution is -2.15. The van der Waals surface area contributed by atoms with Crippen LogP contribution in [-0.4, -0.2) is 21.9 Å². The molecule has 0 radical (unpaired) electrons. The molecule has 21 heavy (non-hydrogen) atoms. The number of carbonyl (C=O) groups excluding carboxylic acids is 1. The summed E-state index contributed by atoms with van der Waals surface area (Å²) in [5, 5.41) is 20.0. The molecule has 0 spiro atoms. The first-order valence-corrected chi connectivity index (χ1v) is 7.43. The number of carbonyl (C=O) groups is 1. The SMILES string of the molecule is CCc1nnc(SCC(=O)Nc2cc(Cl)ccc2C#N)o1. The summed E-state index contributed by atoms with van der Waals surface area (Å²) in [6, 6.07) is 6.67. The van der Waals surface area contributed by atoms with Gasteiger partial charge in [0.25, 0.3) is 5.22 Å². The van der Waals surface area contributed by atoms with Crippen LogP contribution in [0, 0.1) is 11.3 Å². The van der Waals surface area contributed by atoms with Gasteiger partial charge in [-0.3, -0.25) is 4.79 Å². The monoisotopic (exact) mass is 322 g/mol. The van der Waals surface area contributed by atoms with Gasteiger partial charge in [0, 0.05) is 11.4 Å². The molecule has 1 aromatic carbocycles. The van der Waals surface area contributed by atoms with Gasteiger partial charge in [0.15, 0.2) is 0 Å². The molecule has 0 aliphatic carbocycles. The summed E-state index contributed by atoms with van der Waals surface area (Å²) in [5.74, 6) is 0.345. The third kappa shape index (κ3) is 4.21. The largest absolute Gasteiger partial charge is 0.416 e. The Morgan fingerprint density at radius 1 is 1.52 bits per heavy atom. The predicted molar refractivity (Wildman–Crippen MR) is 79.2 cm³/mol. The van der Waals surface area contributed by atoms with Gasteiger partial charge in [-0.1, -0.05) is 30.3 Å². The normalized spacial score (nSPS) is 10.1. The number of benzene rings is 1. The van der Waals surface area contributed by atoms with Gasteiger partial charge in [-0.2, -0.15) is 5.26 Å². The summed E-state index contributed by atoms with van der Waals surface area (Å²) in [6.45, 7) is 1.90. The van der Waals surface area contributed by atoms with E-state index in [1.54, 1.807) is 12.1 Å². The first kappa shape index (κ1) is 15.4. The Balaban J connectivity index is 1.96. The Hall–Kier alpha value is -2.04.